The number of allylic oxidation sites excluding steroid dienone is 2. The van der Waals surface area contributed by atoms with Gasteiger partial charge in [0.05, 0.1) is 30.3 Å². The summed E-state index contributed by atoms with van der Waals surface area (Å²) < 4.78 is 8.35. The van der Waals surface area contributed by atoms with Gasteiger partial charge >= 0.3 is 5.97 Å². The number of aliphatic hydroxyl groups is 1. The van der Waals surface area contributed by atoms with Crippen molar-refractivity contribution in [2.75, 3.05) is 0 Å². The minimum atomic E-state index is -0.747. The van der Waals surface area contributed by atoms with Crippen LogP contribution in [0.1, 0.15) is 95.3 Å². The van der Waals surface area contributed by atoms with E-state index in [0.29, 0.717) is 30.5 Å². The number of aliphatic hydroxyl groups excluding tert-OH is 1. The van der Waals surface area contributed by atoms with E-state index in [2.05, 4.69) is 15.6 Å². The lowest BCUT2D eigenvalue weighted by Crippen LogP contribution is -2.30. The Morgan fingerprint density at radius 2 is 1.94 bits per heavy atom. The standard InChI is InChI=1S/C26H40N2O4/c29-23(12-7-10-19-8-3-1-4-9-19)22-17-28(18-27-22)16-21-20(24-14-15-25(21)32-24)11-5-2-6-13-26(30)31/h2,5,17-21,23-25,29H,1,3-4,6-16H2,(H,30,31)/b5-2-/t20-,21+,23?,24+,25-/m0/s1. The summed E-state index contributed by atoms with van der Waals surface area (Å²) in [6, 6.07) is 0. The molecule has 1 unspecified atom stereocenters. The first kappa shape index (κ1) is 23.5. The molecule has 0 aromatic carbocycles. The summed E-state index contributed by atoms with van der Waals surface area (Å²) in [7, 11) is 0. The Kier molecular flexibility index (Phi) is 8.42. The zero-order valence-electron chi connectivity index (χ0n) is 19.3. The number of fused-ring (bicyclic) bond motifs is 2. The fraction of sp³-hybridized carbons (Fsp3) is 0.769. The summed E-state index contributed by atoms with van der Waals surface area (Å²) >= 11 is 0. The summed E-state index contributed by atoms with van der Waals surface area (Å²) in [5.74, 6) is 1.04. The zero-order valence-corrected chi connectivity index (χ0v) is 19.3. The van der Waals surface area contributed by atoms with E-state index < -0.39 is 12.1 Å². The van der Waals surface area contributed by atoms with Crippen molar-refractivity contribution in [3.8, 4) is 0 Å². The van der Waals surface area contributed by atoms with Gasteiger partial charge in [-0.1, -0.05) is 57.1 Å². The topological polar surface area (TPSA) is 84.6 Å². The molecule has 178 valence electrons. The Bertz CT molecular complexity index is 755. The number of ether oxygens (including phenoxy) is 1. The third-order valence-corrected chi connectivity index (χ3v) is 7.92. The second kappa shape index (κ2) is 11.5. The van der Waals surface area contributed by atoms with Gasteiger partial charge in [-0.2, -0.15) is 0 Å². The van der Waals surface area contributed by atoms with Gasteiger partial charge in [0.2, 0.25) is 0 Å². The van der Waals surface area contributed by atoms with Gasteiger partial charge in [-0.25, -0.2) is 4.98 Å². The molecule has 3 aliphatic rings. The molecular formula is C26H40N2O4. The number of hydrogen-bond acceptors (Lipinski definition) is 4. The summed E-state index contributed by atoms with van der Waals surface area (Å²) in [6.45, 7) is 0.872. The molecule has 4 rings (SSSR count). The highest BCUT2D eigenvalue weighted by Crippen LogP contribution is 2.46. The Morgan fingerprint density at radius 1 is 1.16 bits per heavy atom. The molecule has 1 aromatic heterocycles. The smallest absolute Gasteiger partial charge is 0.303 e. The van der Waals surface area contributed by atoms with Crippen molar-refractivity contribution in [1.29, 1.82) is 0 Å². The van der Waals surface area contributed by atoms with E-state index in [1.807, 2.05) is 18.6 Å². The molecule has 2 N–H and O–H groups in total. The number of aromatic nitrogens is 2. The maximum atomic E-state index is 10.7. The molecule has 2 saturated heterocycles. The number of aliphatic carboxylic acids is 1. The highest BCUT2D eigenvalue weighted by molar-refractivity contribution is 5.66. The monoisotopic (exact) mass is 444 g/mol. The Balaban J connectivity index is 1.25. The number of carbonyl (C=O) groups is 1. The lowest BCUT2D eigenvalue weighted by Gasteiger charge is -2.27. The van der Waals surface area contributed by atoms with Crippen LogP contribution < -0.4 is 0 Å². The number of hydrogen-bond donors (Lipinski definition) is 2. The van der Waals surface area contributed by atoms with E-state index in [0.717, 1.165) is 50.3 Å². The fourth-order valence-corrected chi connectivity index (χ4v) is 6.14. The average Bonchev–Trinajstić information content (AvgIpc) is 3.52. The van der Waals surface area contributed by atoms with Gasteiger partial charge in [0.1, 0.15) is 0 Å². The molecule has 0 amide bonds. The second-order valence-corrected chi connectivity index (χ2v) is 10.2. The number of carboxylic acids is 1. The SMILES string of the molecule is O=C(O)CC/C=C\C[C@H]1[C@@H](Cn2cnc(C(O)CCCC3CCCCC3)c2)[C@@H]2CC[C@H]1O2. The molecule has 2 aliphatic heterocycles. The van der Waals surface area contributed by atoms with Crippen molar-refractivity contribution >= 4 is 5.97 Å². The maximum Gasteiger partial charge on any atom is 0.303 e. The average molecular weight is 445 g/mol. The molecule has 1 saturated carbocycles. The van der Waals surface area contributed by atoms with Crippen molar-refractivity contribution in [2.24, 2.45) is 17.8 Å². The normalized spacial score (nSPS) is 29.2. The summed E-state index contributed by atoms with van der Waals surface area (Å²) in [4.78, 5) is 15.2. The van der Waals surface area contributed by atoms with Crippen molar-refractivity contribution < 1.29 is 19.7 Å². The van der Waals surface area contributed by atoms with Crippen molar-refractivity contribution in [3.63, 3.8) is 0 Å². The van der Waals surface area contributed by atoms with Gasteiger partial charge in [0, 0.05) is 25.1 Å². The third-order valence-electron chi connectivity index (χ3n) is 7.92. The van der Waals surface area contributed by atoms with Gasteiger partial charge in [-0.05, 0) is 43.9 Å². The molecule has 0 spiro atoms. The zero-order chi connectivity index (χ0) is 22.3. The van der Waals surface area contributed by atoms with Crippen LogP contribution in [-0.2, 0) is 16.1 Å². The van der Waals surface area contributed by atoms with Gasteiger partial charge in [-0.15, -0.1) is 0 Å². The van der Waals surface area contributed by atoms with Crippen LogP contribution in [0.25, 0.3) is 0 Å². The van der Waals surface area contributed by atoms with Crippen molar-refractivity contribution in [1.82, 2.24) is 9.55 Å². The Hall–Kier alpha value is -1.66. The fourth-order valence-electron chi connectivity index (χ4n) is 6.14. The van der Waals surface area contributed by atoms with Crippen LogP contribution in [0.5, 0.6) is 0 Å². The number of nitrogens with zero attached hydrogens (tertiary/aromatic N) is 2. The van der Waals surface area contributed by atoms with Crippen LogP contribution in [0.2, 0.25) is 0 Å². The molecular weight excluding hydrogens is 404 g/mol. The van der Waals surface area contributed by atoms with Crippen LogP contribution in [0, 0.1) is 17.8 Å². The minimum absolute atomic E-state index is 0.188. The van der Waals surface area contributed by atoms with E-state index in [9.17, 15) is 9.90 Å². The van der Waals surface area contributed by atoms with Crippen LogP contribution in [0.4, 0.5) is 0 Å². The largest absolute Gasteiger partial charge is 0.481 e. The molecule has 6 nitrogen and oxygen atoms in total. The van der Waals surface area contributed by atoms with Crippen molar-refractivity contribution in [3.05, 3.63) is 30.4 Å². The number of imidazole rings is 1. The molecule has 3 heterocycles. The molecule has 6 heteroatoms. The van der Waals surface area contributed by atoms with Crippen LogP contribution in [0.15, 0.2) is 24.7 Å². The van der Waals surface area contributed by atoms with Gasteiger partial charge < -0.3 is 19.5 Å². The van der Waals surface area contributed by atoms with E-state index in [-0.39, 0.29) is 6.42 Å². The second-order valence-electron chi connectivity index (χ2n) is 10.2. The molecule has 2 bridgehead atoms. The molecule has 3 fully saturated rings. The lowest BCUT2D eigenvalue weighted by atomic mass is 9.77. The van der Waals surface area contributed by atoms with E-state index >= 15 is 0 Å². The summed E-state index contributed by atoms with van der Waals surface area (Å²) in [6.07, 6.45) is 22.2. The predicted molar refractivity (Wildman–Crippen MR) is 123 cm³/mol. The third kappa shape index (κ3) is 6.22. The van der Waals surface area contributed by atoms with Crippen LogP contribution in [-0.4, -0.2) is 37.9 Å². The van der Waals surface area contributed by atoms with Crippen molar-refractivity contribution in [2.45, 2.75) is 108 Å². The quantitative estimate of drug-likeness (QED) is 0.429. The molecule has 5 atom stereocenters. The Labute approximate surface area is 192 Å². The predicted octanol–water partition coefficient (Wildman–Crippen LogP) is 5.27. The van der Waals surface area contributed by atoms with Gasteiger partial charge in [0.25, 0.3) is 0 Å². The molecule has 1 aromatic rings. The van der Waals surface area contributed by atoms with Gasteiger partial charge in [-0.3, -0.25) is 4.79 Å². The minimum Gasteiger partial charge on any atom is -0.481 e. The highest BCUT2D eigenvalue weighted by Gasteiger charge is 2.48. The van der Waals surface area contributed by atoms with Crippen LogP contribution >= 0.6 is 0 Å². The number of rotatable bonds is 12. The molecule has 1 aliphatic carbocycles. The summed E-state index contributed by atoms with van der Waals surface area (Å²) in [5.41, 5.74) is 0.794. The van der Waals surface area contributed by atoms with E-state index in [1.54, 1.807) is 0 Å². The first-order chi connectivity index (χ1) is 15.6. The maximum absolute atomic E-state index is 10.7. The Morgan fingerprint density at radius 3 is 2.72 bits per heavy atom. The first-order valence-electron chi connectivity index (χ1n) is 12.8. The highest BCUT2D eigenvalue weighted by atomic mass is 16.5. The lowest BCUT2D eigenvalue weighted by molar-refractivity contribution is -0.136. The summed E-state index contributed by atoms with van der Waals surface area (Å²) in [5, 5.41) is 19.4. The molecule has 0 radical (unpaired) electrons. The van der Waals surface area contributed by atoms with E-state index in [1.165, 1.54) is 38.5 Å². The number of carboxylic acid groups (broad SMARTS) is 1. The van der Waals surface area contributed by atoms with Gasteiger partial charge in [0.15, 0.2) is 0 Å². The van der Waals surface area contributed by atoms with E-state index in [4.69, 9.17) is 9.84 Å². The molecule has 32 heavy (non-hydrogen) atoms. The first-order valence-corrected chi connectivity index (χ1v) is 12.8. The van der Waals surface area contributed by atoms with Crippen LogP contribution in [0.3, 0.4) is 0 Å².